The van der Waals surface area contributed by atoms with E-state index >= 15 is 0 Å². The van der Waals surface area contributed by atoms with Gasteiger partial charge in [0, 0.05) is 23.9 Å². The Kier molecular flexibility index (Phi) is 3.43. The summed E-state index contributed by atoms with van der Waals surface area (Å²) in [5, 5.41) is 0. The molecule has 5 heteroatoms. The molecule has 1 aliphatic carbocycles. The fourth-order valence-corrected chi connectivity index (χ4v) is 5.37. The summed E-state index contributed by atoms with van der Waals surface area (Å²) in [4.78, 5) is 15.9. The van der Waals surface area contributed by atoms with E-state index in [9.17, 15) is 4.79 Å². The molecule has 1 amide bonds. The van der Waals surface area contributed by atoms with Gasteiger partial charge >= 0.3 is 0 Å². The van der Waals surface area contributed by atoms with Gasteiger partial charge in [-0.15, -0.1) is 0 Å². The Balaban J connectivity index is 1.46. The van der Waals surface area contributed by atoms with Crippen molar-refractivity contribution in [3.8, 4) is 17.2 Å². The van der Waals surface area contributed by atoms with Crippen LogP contribution in [0.15, 0.2) is 36.4 Å². The van der Waals surface area contributed by atoms with Crippen LogP contribution in [0.3, 0.4) is 0 Å². The zero-order valence-electron chi connectivity index (χ0n) is 15.8. The van der Waals surface area contributed by atoms with Crippen LogP contribution in [-0.4, -0.2) is 25.9 Å². The van der Waals surface area contributed by atoms with Crippen LogP contribution in [-0.2, 0) is 10.2 Å². The highest BCUT2D eigenvalue weighted by Crippen LogP contribution is 2.55. The van der Waals surface area contributed by atoms with E-state index in [0.29, 0.717) is 24.0 Å². The van der Waals surface area contributed by atoms with Crippen LogP contribution in [0.2, 0.25) is 0 Å². The zero-order valence-corrected chi connectivity index (χ0v) is 15.8. The van der Waals surface area contributed by atoms with Gasteiger partial charge in [-0.05, 0) is 36.5 Å². The fourth-order valence-electron chi connectivity index (χ4n) is 5.37. The number of ether oxygens (including phenoxy) is 3. The number of nitrogens with zero attached hydrogens (tertiary/aromatic N) is 1. The maximum atomic E-state index is 13.9. The molecule has 0 aromatic heterocycles. The molecule has 0 saturated heterocycles. The molecule has 0 radical (unpaired) electrons. The molecule has 3 heterocycles. The minimum Gasteiger partial charge on any atom is -0.491 e. The van der Waals surface area contributed by atoms with Crippen molar-refractivity contribution in [1.82, 2.24) is 0 Å². The van der Waals surface area contributed by atoms with E-state index in [2.05, 4.69) is 12.1 Å². The molecule has 5 nitrogen and oxygen atoms in total. The quantitative estimate of drug-likeness (QED) is 0.793. The summed E-state index contributed by atoms with van der Waals surface area (Å²) >= 11 is 0. The number of amides is 1. The molecule has 1 spiro atoms. The lowest BCUT2D eigenvalue weighted by atomic mass is 9.77. The number of para-hydroxylation sites is 1. The second-order valence-corrected chi connectivity index (χ2v) is 8.33. The van der Waals surface area contributed by atoms with Gasteiger partial charge in [-0.25, -0.2) is 0 Å². The van der Waals surface area contributed by atoms with Gasteiger partial charge in [0.25, 0.3) is 0 Å². The van der Waals surface area contributed by atoms with Crippen LogP contribution in [0, 0.1) is 5.92 Å². The number of rotatable bonds is 2. The summed E-state index contributed by atoms with van der Waals surface area (Å²) in [6.07, 6.45) is 6.29. The maximum absolute atomic E-state index is 13.9. The van der Waals surface area contributed by atoms with Crippen LogP contribution in [0.5, 0.6) is 17.2 Å². The number of carbonyl (C=O) groups is 1. The van der Waals surface area contributed by atoms with Crippen molar-refractivity contribution < 1.29 is 19.0 Å². The molecule has 1 atom stereocenters. The van der Waals surface area contributed by atoms with Crippen LogP contribution in [0.1, 0.15) is 43.2 Å². The molecule has 2 aromatic carbocycles. The van der Waals surface area contributed by atoms with E-state index in [1.165, 1.54) is 32.1 Å². The van der Waals surface area contributed by atoms with Crippen LogP contribution in [0.25, 0.3) is 0 Å². The smallest absolute Gasteiger partial charge is 0.245 e. The SMILES string of the molecule is O=C1N(CC2CCCCC2)c2ccccc2C12COc1cc3c(cc12)OCO3. The van der Waals surface area contributed by atoms with Gasteiger partial charge < -0.3 is 19.1 Å². The number of anilines is 1. The van der Waals surface area contributed by atoms with Crippen molar-refractivity contribution >= 4 is 11.6 Å². The second kappa shape index (κ2) is 5.90. The van der Waals surface area contributed by atoms with Gasteiger partial charge in [-0.3, -0.25) is 4.79 Å². The van der Waals surface area contributed by atoms with Crippen molar-refractivity contribution in [2.24, 2.45) is 5.92 Å². The van der Waals surface area contributed by atoms with E-state index < -0.39 is 5.41 Å². The highest BCUT2D eigenvalue weighted by Gasteiger charge is 2.57. The molecule has 6 rings (SSSR count). The van der Waals surface area contributed by atoms with Gasteiger partial charge in [0.05, 0.1) is 0 Å². The molecule has 1 unspecified atom stereocenters. The monoisotopic (exact) mass is 377 g/mol. The van der Waals surface area contributed by atoms with Gasteiger partial charge in [0.1, 0.15) is 17.8 Å². The average Bonchev–Trinajstić information content (AvgIpc) is 3.40. The Bertz CT molecular complexity index is 965. The van der Waals surface area contributed by atoms with E-state index in [0.717, 1.165) is 29.1 Å². The minimum absolute atomic E-state index is 0.136. The zero-order chi connectivity index (χ0) is 18.7. The molecule has 4 aliphatic rings. The second-order valence-electron chi connectivity index (χ2n) is 8.33. The van der Waals surface area contributed by atoms with E-state index in [1.54, 1.807) is 0 Å². The normalized spacial score (nSPS) is 25.1. The standard InChI is InChI=1S/C23H23NO4/c25-22-23(13-26-19-11-21-20(10-17(19)23)27-14-28-21)16-8-4-5-9-18(16)24(22)12-15-6-2-1-3-7-15/h4-5,8-11,15H,1-3,6-7,12-14H2. The topological polar surface area (TPSA) is 48.0 Å². The summed E-state index contributed by atoms with van der Waals surface area (Å²) in [6, 6.07) is 12.0. The number of benzene rings is 2. The number of fused-ring (bicyclic) bond motifs is 5. The summed E-state index contributed by atoms with van der Waals surface area (Å²) in [5.74, 6) is 2.83. The molecular formula is C23H23NO4. The van der Waals surface area contributed by atoms with Crippen molar-refractivity contribution in [1.29, 1.82) is 0 Å². The molecule has 3 aliphatic heterocycles. The highest BCUT2D eigenvalue weighted by atomic mass is 16.7. The number of hydrogen-bond donors (Lipinski definition) is 0. The van der Waals surface area contributed by atoms with Gasteiger partial charge in [-0.1, -0.05) is 37.5 Å². The Morgan fingerprint density at radius 3 is 2.57 bits per heavy atom. The third-order valence-corrected chi connectivity index (χ3v) is 6.81. The van der Waals surface area contributed by atoms with Gasteiger partial charge in [0.15, 0.2) is 11.5 Å². The summed E-state index contributed by atoms with van der Waals surface area (Å²) in [7, 11) is 0. The van der Waals surface area contributed by atoms with Gasteiger partial charge in [-0.2, -0.15) is 0 Å². The van der Waals surface area contributed by atoms with Crippen molar-refractivity contribution in [3.05, 3.63) is 47.5 Å². The summed E-state index contributed by atoms with van der Waals surface area (Å²) in [6.45, 7) is 1.35. The average molecular weight is 377 g/mol. The van der Waals surface area contributed by atoms with E-state index in [4.69, 9.17) is 14.2 Å². The molecular weight excluding hydrogens is 354 g/mol. The number of carbonyl (C=O) groups excluding carboxylic acids is 1. The predicted molar refractivity (Wildman–Crippen MR) is 104 cm³/mol. The Morgan fingerprint density at radius 2 is 1.71 bits per heavy atom. The fraction of sp³-hybridized carbons (Fsp3) is 0.435. The molecule has 0 N–H and O–H groups in total. The van der Waals surface area contributed by atoms with Gasteiger partial charge in [0.2, 0.25) is 12.7 Å². The Labute approximate surface area is 164 Å². The summed E-state index contributed by atoms with van der Waals surface area (Å²) < 4.78 is 17.1. The lowest BCUT2D eigenvalue weighted by molar-refractivity contribution is -0.122. The van der Waals surface area contributed by atoms with Crippen LogP contribution in [0.4, 0.5) is 5.69 Å². The Morgan fingerprint density at radius 1 is 0.929 bits per heavy atom. The van der Waals surface area contributed by atoms with Crippen molar-refractivity contribution in [3.63, 3.8) is 0 Å². The third kappa shape index (κ3) is 2.10. The molecule has 28 heavy (non-hydrogen) atoms. The summed E-state index contributed by atoms with van der Waals surface area (Å²) in [5.41, 5.74) is 2.21. The first-order chi connectivity index (χ1) is 13.8. The first-order valence-corrected chi connectivity index (χ1v) is 10.3. The maximum Gasteiger partial charge on any atom is 0.245 e. The first-order valence-electron chi connectivity index (χ1n) is 10.3. The predicted octanol–water partition coefficient (Wildman–Crippen LogP) is 4.02. The van der Waals surface area contributed by atoms with Crippen LogP contribution < -0.4 is 19.1 Å². The third-order valence-electron chi connectivity index (χ3n) is 6.81. The molecule has 144 valence electrons. The molecule has 1 saturated carbocycles. The first kappa shape index (κ1) is 16.3. The van der Waals surface area contributed by atoms with E-state index in [1.807, 2.05) is 29.2 Å². The van der Waals surface area contributed by atoms with Crippen LogP contribution >= 0.6 is 0 Å². The van der Waals surface area contributed by atoms with Crippen molar-refractivity contribution in [2.45, 2.75) is 37.5 Å². The lowest BCUT2D eigenvalue weighted by Gasteiger charge is -2.28. The van der Waals surface area contributed by atoms with Crippen molar-refractivity contribution in [2.75, 3.05) is 24.8 Å². The number of hydrogen-bond acceptors (Lipinski definition) is 4. The largest absolute Gasteiger partial charge is 0.491 e. The Hall–Kier alpha value is -2.69. The lowest BCUT2D eigenvalue weighted by Crippen LogP contribution is -2.44. The highest BCUT2D eigenvalue weighted by molar-refractivity contribution is 6.11. The minimum atomic E-state index is -0.776. The molecule has 0 bridgehead atoms. The van der Waals surface area contributed by atoms with E-state index in [-0.39, 0.29) is 12.7 Å². The molecule has 1 fully saturated rings. The molecule has 2 aromatic rings.